The zero-order valence-electron chi connectivity index (χ0n) is 11.7. The normalized spacial score (nSPS) is 17.1. The second-order valence-electron chi connectivity index (χ2n) is 4.87. The molecule has 0 saturated heterocycles. The third-order valence-corrected chi connectivity index (χ3v) is 3.64. The summed E-state index contributed by atoms with van der Waals surface area (Å²) < 4.78 is 5.69. The van der Waals surface area contributed by atoms with E-state index in [9.17, 15) is 4.79 Å². The van der Waals surface area contributed by atoms with Crippen molar-refractivity contribution >= 4 is 5.91 Å². The number of hydrogen-bond acceptors (Lipinski definition) is 3. The van der Waals surface area contributed by atoms with Gasteiger partial charge < -0.3 is 15.4 Å². The monoisotopic (exact) mass is 262 g/mol. The van der Waals surface area contributed by atoms with Gasteiger partial charge >= 0.3 is 0 Å². The van der Waals surface area contributed by atoms with Crippen LogP contribution in [-0.4, -0.2) is 26.6 Å². The van der Waals surface area contributed by atoms with E-state index in [1.54, 1.807) is 7.05 Å². The highest BCUT2D eigenvalue weighted by atomic mass is 16.5. The van der Waals surface area contributed by atoms with Gasteiger partial charge in [0.05, 0.1) is 6.61 Å². The molecule has 0 saturated carbocycles. The SMILES string of the molecule is CNC(=O)CCCOc1ccc2c(c1)CCC2NC. The van der Waals surface area contributed by atoms with Crippen LogP contribution in [0.25, 0.3) is 0 Å². The van der Waals surface area contributed by atoms with Gasteiger partial charge in [0.2, 0.25) is 5.91 Å². The van der Waals surface area contributed by atoms with Crippen LogP contribution < -0.4 is 15.4 Å². The van der Waals surface area contributed by atoms with Crippen LogP contribution in [-0.2, 0) is 11.2 Å². The Morgan fingerprint density at radius 3 is 3.00 bits per heavy atom. The number of hydrogen-bond donors (Lipinski definition) is 2. The number of ether oxygens (including phenoxy) is 1. The van der Waals surface area contributed by atoms with Crippen LogP contribution in [0.4, 0.5) is 0 Å². The molecule has 1 unspecified atom stereocenters. The van der Waals surface area contributed by atoms with Gasteiger partial charge in [0.1, 0.15) is 5.75 Å². The molecular formula is C15H22N2O2. The van der Waals surface area contributed by atoms with Crippen LogP contribution >= 0.6 is 0 Å². The Kier molecular flexibility index (Phi) is 4.80. The van der Waals surface area contributed by atoms with Gasteiger partial charge in [-0.25, -0.2) is 0 Å². The fourth-order valence-corrected chi connectivity index (χ4v) is 2.53. The molecule has 1 aliphatic rings. The molecule has 0 spiro atoms. The molecule has 2 rings (SSSR count). The topological polar surface area (TPSA) is 50.4 Å². The van der Waals surface area contributed by atoms with Crippen molar-refractivity contribution in [1.29, 1.82) is 0 Å². The highest BCUT2D eigenvalue weighted by Crippen LogP contribution is 2.33. The maximum atomic E-state index is 11.1. The molecule has 1 aromatic carbocycles. The van der Waals surface area contributed by atoms with Crippen LogP contribution in [0.5, 0.6) is 5.75 Å². The fourth-order valence-electron chi connectivity index (χ4n) is 2.53. The number of nitrogens with one attached hydrogen (secondary N) is 2. The predicted octanol–water partition coefficient (Wildman–Crippen LogP) is 1.80. The molecule has 0 bridgehead atoms. The maximum Gasteiger partial charge on any atom is 0.219 e. The molecule has 4 heteroatoms. The second kappa shape index (κ2) is 6.57. The van der Waals surface area contributed by atoms with E-state index in [4.69, 9.17) is 4.74 Å². The lowest BCUT2D eigenvalue weighted by Gasteiger charge is -2.11. The summed E-state index contributed by atoms with van der Waals surface area (Å²) >= 11 is 0. The molecule has 1 amide bonds. The number of benzene rings is 1. The Balaban J connectivity index is 1.84. The minimum atomic E-state index is 0.0643. The first-order valence-electron chi connectivity index (χ1n) is 6.88. The minimum absolute atomic E-state index is 0.0643. The van der Waals surface area contributed by atoms with E-state index in [-0.39, 0.29) is 5.91 Å². The molecule has 0 heterocycles. The molecule has 0 fully saturated rings. The summed E-state index contributed by atoms with van der Waals surface area (Å²) in [5, 5.41) is 5.93. The van der Waals surface area contributed by atoms with Crippen molar-refractivity contribution in [2.45, 2.75) is 31.7 Å². The molecular weight excluding hydrogens is 240 g/mol. The van der Waals surface area contributed by atoms with Crippen molar-refractivity contribution in [3.63, 3.8) is 0 Å². The van der Waals surface area contributed by atoms with Crippen molar-refractivity contribution in [3.8, 4) is 5.75 Å². The summed E-state index contributed by atoms with van der Waals surface area (Å²) in [5.41, 5.74) is 2.77. The zero-order valence-corrected chi connectivity index (χ0v) is 11.7. The first-order chi connectivity index (χ1) is 9.24. The summed E-state index contributed by atoms with van der Waals surface area (Å²) in [6.45, 7) is 0.585. The lowest BCUT2D eigenvalue weighted by atomic mass is 10.1. The van der Waals surface area contributed by atoms with E-state index in [0.717, 1.165) is 25.0 Å². The Hall–Kier alpha value is -1.55. The number of fused-ring (bicyclic) bond motifs is 1. The number of carbonyl (C=O) groups excluding carboxylic acids is 1. The summed E-state index contributed by atoms with van der Waals surface area (Å²) in [5.74, 6) is 0.974. The van der Waals surface area contributed by atoms with Crippen molar-refractivity contribution in [1.82, 2.24) is 10.6 Å². The Labute approximate surface area is 114 Å². The van der Waals surface area contributed by atoms with Crippen molar-refractivity contribution in [3.05, 3.63) is 29.3 Å². The second-order valence-corrected chi connectivity index (χ2v) is 4.87. The highest BCUT2D eigenvalue weighted by molar-refractivity contribution is 5.75. The first-order valence-corrected chi connectivity index (χ1v) is 6.88. The Morgan fingerprint density at radius 2 is 2.26 bits per heavy atom. The van der Waals surface area contributed by atoms with E-state index in [0.29, 0.717) is 19.1 Å². The number of amides is 1. The summed E-state index contributed by atoms with van der Waals surface area (Å²) in [7, 11) is 3.66. The molecule has 19 heavy (non-hydrogen) atoms. The predicted molar refractivity (Wildman–Crippen MR) is 75.4 cm³/mol. The van der Waals surface area contributed by atoms with Crippen molar-refractivity contribution < 1.29 is 9.53 Å². The summed E-state index contributed by atoms with van der Waals surface area (Å²) in [6.07, 6.45) is 3.53. The largest absolute Gasteiger partial charge is 0.494 e. The van der Waals surface area contributed by atoms with Gasteiger partial charge in [-0.05, 0) is 49.6 Å². The van der Waals surface area contributed by atoms with Gasteiger partial charge in [-0.15, -0.1) is 0 Å². The maximum absolute atomic E-state index is 11.1. The van der Waals surface area contributed by atoms with Crippen LogP contribution in [0, 0.1) is 0 Å². The van der Waals surface area contributed by atoms with Crippen LogP contribution in [0.3, 0.4) is 0 Å². The fraction of sp³-hybridized carbons (Fsp3) is 0.533. The minimum Gasteiger partial charge on any atom is -0.494 e. The number of rotatable bonds is 6. The summed E-state index contributed by atoms with van der Waals surface area (Å²) in [6, 6.07) is 6.79. The van der Waals surface area contributed by atoms with Gasteiger partial charge in [0.15, 0.2) is 0 Å². The quantitative estimate of drug-likeness (QED) is 0.769. The van der Waals surface area contributed by atoms with Gasteiger partial charge in [0, 0.05) is 19.5 Å². The number of aryl methyl sites for hydroxylation is 1. The zero-order chi connectivity index (χ0) is 13.7. The molecule has 1 aromatic rings. The van der Waals surface area contributed by atoms with E-state index >= 15 is 0 Å². The van der Waals surface area contributed by atoms with Gasteiger partial charge in [-0.3, -0.25) is 4.79 Å². The van der Waals surface area contributed by atoms with Crippen LogP contribution in [0.1, 0.15) is 36.4 Å². The van der Waals surface area contributed by atoms with Crippen molar-refractivity contribution in [2.75, 3.05) is 20.7 Å². The molecule has 0 aromatic heterocycles. The van der Waals surface area contributed by atoms with E-state index in [2.05, 4.69) is 22.8 Å². The molecule has 104 valence electrons. The molecule has 0 aliphatic heterocycles. The average Bonchev–Trinajstić information content (AvgIpc) is 2.85. The van der Waals surface area contributed by atoms with Crippen molar-refractivity contribution in [2.24, 2.45) is 0 Å². The average molecular weight is 262 g/mol. The van der Waals surface area contributed by atoms with Gasteiger partial charge in [0.25, 0.3) is 0 Å². The summed E-state index contributed by atoms with van der Waals surface area (Å²) in [4.78, 5) is 11.1. The first kappa shape index (κ1) is 13.9. The van der Waals surface area contributed by atoms with E-state index in [1.165, 1.54) is 11.1 Å². The molecule has 1 aliphatic carbocycles. The van der Waals surface area contributed by atoms with E-state index < -0.39 is 0 Å². The van der Waals surface area contributed by atoms with Crippen LogP contribution in [0.2, 0.25) is 0 Å². The van der Waals surface area contributed by atoms with Gasteiger partial charge in [-0.2, -0.15) is 0 Å². The third kappa shape index (κ3) is 3.47. The molecule has 1 atom stereocenters. The molecule has 2 N–H and O–H groups in total. The third-order valence-electron chi connectivity index (χ3n) is 3.64. The molecule has 0 radical (unpaired) electrons. The Morgan fingerprint density at radius 1 is 1.42 bits per heavy atom. The highest BCUT2D eigenvalue weighted by Gasteiger charge is 2.20. The lowest BCUT2D eigenvalue weighted by Crippen LogP contribution is -2.18. The molecule has 4 nitrogen and oxygen atoms in total. The smallest absolute Gasteiger partial charge is 0.219 e. The standard InChI is InChI=1S/C15H22N2O2/c1-16-14-8-5-11-10-12(6-7-13(11)14)19-9-3-4-15(18)17-2/h6-7,10,14,16H,3-5,8-9H2,1-2H3,(H,17,18). The van der Waals surface area contributed by atoms with E-state index in [1.807, 2.05) is 13.1 Å². The number of carbonyl (C=O) groups is 1. The lowest BCUT2D eigenvalue weighted by molar-refractivity contribution is -0.120. The Bertz CT molecular complexity index is 446. The van der Waals surface area contributed by atoms with Gasteiger partial charge in [-0.1, -0.05) is 6.07 Å². The van der Waals surface area contributed by atoms with Crippen LogP contribution in [0.15, 0.2) is 18.2 Å².